The molecular weight excluding hydrogens is 362 g/mol. The van der Waals surface area contributed by atoms with Crippen molar-refractivity contribution in [1.29, 1.82) is 5.41 Å². The lowest BCUT2D eigenvalue weighted by Gasteiger charge is -2.21. The zero-order valence-corrected chi connectivity index (χ0v) is 16.0. The van der Waals surface area contributed by atoms with Crippen molar-refractivity contribution in [3.05, 3.63) is 35.7 Å². The van der Waals surface area contributed by atoms with Crippen molar-refractivity contribution in [3.8, 4) is 23.2 Å². The van der Waals surface area contributed by atoms with Gasteiger partial charge in [-0.05, 0) is 49.9 Å². The molecule has 1 aromatic heterocycles. The molecule has 3 N–H and O–H groups in total. The Morgan fingerprint density at radius 3 is 2.59 bits per heavy atom. The molecule has 142 valence electrons. The highest BCUT2D eigenvalue weighted by Gasteiger charge is 2.31. The highest BCUT2D eigenvalue weighted by Crippen LogP contribution is 2.31. The number of benzene rings is 1. The number of nitrogens with two attached hydrogens (primary N) is 1. The van der Waals surface area contributed by atoms with Crippen molar-refractivity contribution in [2.24, 2.45) is 11.7 Å². The van der Waals surface area contributed by atoms with Crippen LogP contribution in [0.3, 0.4) is 0 Å². The van der Waals surface area contributed by atoms with Gasteiger partial charge in [-0.3, -0.25) is 5.41 Å². The van der Waals surface area contributed by atoms with E-state index in [-0.39, 0.29) is 24.4 Å². The summed E-state index contributed by atoms with van der Waals surface area (Å²) >= 11 is 0. The zero-order valence-electron chi connectivity index (χ0n) is 15.1. The minimum Gasteiger partial charge on any atom is -0.370 e. The average molecular weight is 386 g/mol. The molecule has 2 fully saturated rings. The predicted molar refractivity (Wildman–Crippen MR) is 106 cm³/mol. The first-order valence-corrected chi connectivity index (χ1v) is 9.27. The molecule has 1 aliphatic heterocycles. The largest absolute Gasteiger partial charge is 0.370 e. The van der Waals surface area contributed by atoms with Crippen LogP contribution in [0.25, 0.3) is 11.4 Å². The maximum absolute atomic E-state index is 7.67. The normalized spacial score (nSPS) is 19.4. The number of hydrogen-bond acceptors (Lipinski definition) is 4. The van der Waals surface area contributed by atoms with E-state index in [4.69, 9.17) is 15.7 Å². The first-order valence-electron chi connectivity index (χ1n) is 9.27. The Hall–Kier alpha value is -2.52. The van der Waals surface area contributed by atoms with Crippen LogP contribution in [0.1, 0.15) is 56.0 Å². The second-order valence-corrected chi connectivity index (χ2v) is 7.02. The second-order valence-electron chi connectivity index (χ2n) is 7.02. The minimum atomic E-state index is -0.0923. The number of guanidine groups is 1. The third-order valence-corrected chi connectivity index (χ3v) is 5.21. The lowest BCUT2D eigenvalue weighted by atomic mass is 10.1. The number of halogens is 1. The van der Waals surface area contributed by atoms with Crippen molar-refractivity contribution in [3.63, 3.8) is 0 Å². The van der Waals surface area contributed by atoms with Gasteiger partial charge < -0.3 is 15.2 Å². The van der Waals surface area contributed by atoms with Gasteiger partial charge in [0, 0.05) is 23.6 Å². The molecule has 1 aromatic carbocycles. The molecule has 1 aliphatic carbocycles. The number of nitrogens with one attached hydrogen (secondary N) is 1. The van der Waals surface area contributed by atoms with Crippen LogP contribution < -0.4 is 5.73 Å². The lowest BCUT2D eigenvalue weighted by Crippen LogP contribution is -2.35. The summed E-state index contributed by atoms with van der Waals surface area (Å²) in [5.41, 5.74) is 7.56. The Labute approximate surface area is 165 Å². The summed E-state index contributed by atoms with van der Waals surface area (Å²) in [7, 11) is 0. The number of hydrogen-bond donors (Lipinski definition) is 2. The van der Waals surface area contributed by atoms with Gasteiger partial charge in [0.1, 0.15) is 6.04 Å². The van der Waals surface area contributed by atoms with Crippen molar-refractivity contribution in [2.75, 3.05) is 6.54 Å². The van der Waals surface area contributed by atoms with E-state index in [2.05, 4.69) is 22.0 Å². The Kier molecular flexibility index (Phi) is 6.02. The molecule has 1 unspecified atom stereocenters. The molecule has 6 nitrogen and oxygen atoms in total. The standard InChI is InChI=1S/C20H23N5O.ClH/c21-20(22)25-13-3-6-17(25)19-23-18(24-26-19)16-11-9-15(10-12-16)8-7-14-4-1-2-5-14;/h9-12,14,17H,1-6,13H2,(H3,21,22);1H. The maximum Gasteiger partial charge on any atom is 0.249 e. The fourth-order valence-corrected chi connectivity index (χ4v) is 3.76. The van der Waals surface area contributed by atoms with Gasteiger partial charge in [0.2, 0.25) is 11.7 Å². The zero-order chi connectivity index (χ0) is 17.9. The Balaban J connectivity index is 0.00000210. The Bertz CT molecular complexity index is 845. The highest BCUT2D eigenvalue weighted by atomic mass is 35.5. The molecule has 1 saturated carbocycles. The summed E-state index contributed by atoms with van der Waals surface area (Å²) in [6, 6.07) is 7.87. The molecule has 1 atom stereocenters. The monoisotopic (exact) mass is 385 g/mol. The van der Waals surface area contributed by atoms with Crippen LogP contribution in [0.2, 0.25) is 0 Å². The van der Waals surface area contributed by atoms with Gasteiger partial charge in [-0.1, -0.05) is 29.8 Å². The molecule has 0 radical (unpaired) electrons. The molecule has 0 amide bonds. The summed E-state index contributed by atoms with van der Waals surface area (Å²) in [5, 5.41) is 11.8. The van der Waals surface area contributed by atoms with E-state index in [0.29, 0.717) is 17.6 Å². The van der Waals surface area contributed by atoms with E-state index in [1.807, 2.05) is 24.3 Å². The van der Waals surface area contributed by atoms with Gasteiger partial charge in [-0.25, -0.2) is 0 Å². The molecule has 1 saturated heterocycles. The quantitative estimate of drug-likeness (QED) is 0.466. The molecule has 2 heterocycles. The highest BCUT2D eigenvalue weighted by molar-refractivity contribution is 5.85. The van der Waals surface area contributed by atoms with Crippen LogP contribution in [0.4, 0.5) is 0 Å². The van der Waals surface area contributed by atoms with Gasteiger partial charge in [-0.2, -0.15) is 4.98 Å². The summed E-state index contributed by atoms with van der Waals surface area (Å²) in [4.78, 5) is 6.33. The Morgan fingerprint density at radius 2 is 1.89 bits per heavy atom. The average Bonchev–Trinajstić information content (AvgIpc) is 3.41. The van der Waals surface area contributed by atoms with Crippen molar-refractivity contribution in [2.45, 2.75) is 44.6 Å². The van der Waals surface area contributed by atoms with E-state index in [9.17, 15) is 0 Å². The molecule has 7 heteroatoms. The van der Waals surface area contributed by atoms with Crippen molar-refractivity contribution in [1.82, 2.24) is 15.0 Å². The SMILES string of the molecule is Cl.N=C(N)N1CCCC1c1nc(-c2ccc(C#CC3CCCC3)cc2)no1. The van der Waals surface area contributed by atoms with Gasteiger partial charge >= 0.3 is 0 Å². The third kappa shape index (κ3) is 4.25. The Morgan fingerprint density at radius 1 is 1.15 bits per heavy atom. The molecular formula is C20H24ClN5O. The van der Waals surface area contributed by atoms with Gasteiger partial charge in [-0.15, -0.1) is 12.4 Å². The van der Waals surface area contributed by atoms with Crippen LogP contribution in [0.15, 0.2) is 28.8 Å². The fourth-order valence-electron chi connectivity index (χ4n) is 3.76. The number of likely N-dealkylation sites (tertiary alicyclic amines) is 1. The van der Waals surface area contributed by atoms with Crippen LogP contribution >= 0.6 is 12.4 Å². The smallest absolute Gasteiger partial charge is 0.249 e. The summed E-state index contributed by atoms with van der Waals surface area (Å²) < 4.78 is 5.45. The first kappa shape index (κ1) is 19.2. The predicted octanol–water partition coefficient (Wildman–Crippen LogP) is 3.73. The van der Waals surface area contributed by atoms with Crippen LogP contribution in [-0.2, 0) is 0 Å². The van der Waals surface area contributed by atoms with Gasteiger partial charge in [0.25, 0.3) is 0 Å². The molecule has 27 heavy (non-hydrogen) atoms. The molecule has 2 aliphatic rings. The molecule has 4 rings (SSSR count). The van der Waals surface area contributed by atoms with Crippen LogP contribution in [-0.4, -0.2) is 27.5 Å². The summed E-state index contributed by atoms with van der Waals surface area (Å²) in [5.74, 6) is 8.35. The molecule has 2 aromatic rings. The number of rotatable bonds is 2. The van der Waals surface area contributed by atoms with Crippen molar-refractivity contribution >= 4 is 18.4 Å². The van der Waals surface area contributed by atoms with E-state index in [1.165, 1.54) is 25.7 Å². The second kappa shape index (κ2) is 8.45. The maximum atomic E-state index is 7.67. The number of nitrogens with zero attached hydrogens (tertiary/aromatic N) is 3. The lowest BCUT2D eigenvalue weighted by molar-refractivity contribution is 0.283. The topological polar surface area (TPSA) is 92.0 Å². The van der Waals surface area contributed by atoms with Gasteiger partial charge in [0.05, 0.1) is 0 Å². The van der Waals surface area contributed by atoms with E-state index in [1.54, 1.807) is 4.90 Å². The van der Waals surface area contributed by atoms with E-state index < -0.39 is 0 Å². The van der Waals surface area contributed by atoms with Crippen LogP contribution in [0, 0.1) is 23.2 Å². The minimum absolute atomic E-state index is 0. The molecule has 0 bridgehead atoms. The third-order valence-electron chi connectivity index (χ3n) is 5.21. The number of aromatic nitrogens is 2. The summed E-state index contributed by atoms with van der Waals surface area (Å²) in [6.07, 6.45) is 6.92. The fraction of sp³-hybridized carbons (Fsp3) is 0.450. The first-order chi connectivity index (χ1) is 12.7. The van der Waals surface area contributed by atoms with Gasteiger partial charge in [0.15, 0.2) is 5.96 Å². The van der Waals surface area contributed by atoms with Crippen LogP contribution in [0.5, 0.6) is 0 Å². The van der Waals surface area contributed by atoms with E-state index in [0.717, 1.165) is 30.5 Å². The summed E-state index contributed by atoms with van der Waals surface area (Å²) in [6.45, 7) is 0.756. The van der Waals surface area contributed by atoms with E-state index >= 15 is 0 Å². The molecule has 0 spiro atoms. The van der Waals surface area contributed by atoms with Crippen molar-refractivity contribution < 1.29 is 4.52 Å².